The maximum atomic E-state index is 12.3. The molecule has 9 nitrogen and oxygen atoms in total. The molecule has 0 saturated carbocycles. The van der Waals surface area contributed by atoms with E-state index in [4.69, 9.17) is 14.7 Å². The second kappa shape index (κ2) is 11.4. The van der Waals surface area contributed by atoms with Gasteiger partial charge in [0.15, 0.2) is 0 Å². The monoisotopic (exact) mass is 557 g/mol. The zero-order valence-corrected chi connectivity index (χ0v) is 25.0. The summed E-state index contributed by atoms with van der Waals surface area (Å²) < 4.78 is 8.60. The first-order chi connectivity index (χ1) is 19.9. The van der Waals surface area contributed by atoms with Crippen LogP contribution in [0.1, 0.15) is 36.5 Å². The number of likely N-dealkylation sites (tertiary alicyclic amines) is 1. The number of aromatic nitrogens is 3. The Morgan fingerprint density at radius 2 is 1.90 bits per heavy atom. The lowest BCUT2D eigenvalue weighted by Gasteiger charge is -2.35. The van der Waals surface area contributed by atoms with E-state index in [-0.39, 0.29) is 5.91 Å². The Hall–Kier alpha value is -3.43. The van der Waals surface area contributed by atoms with Gasteiger partial charge in [-0.15, -0.1) is 0 Å². The van der Waals surface area contributed by atoms with E-state index < -0.39 is 0 Å². The van der Waals surface area contributed by atoms with Gasteiger partial charge in [0.05, 0.1) is 11.1 Å². The predicted octanol–water partition coefficient (Wildman–Crippen LogP) is 3.49. The molecule has 3 aliphatic heterocycles. The van der Waals surface area contributed by atoms with Gasteiger partial charge in [-0.25, -0.2) is 0 Å². The van der Waals surface area contributed by atoms with Crippen molar-refractivity contribution in [3.63, 3.8) is 0 Å². The maximum absolute atomic E-state index is 12.3. The van der Waals surface area contributed by atoms with Crippen molar-refractivity contribution >= 4 is 22.8 Å². The Labute approximate surface area is 243 Å². The number of amides is 1. The first-order valence-electron chi connectivity index (χ1n) is 15.1. The molecule has 2 saturated heterocycles. The van der Waals surface area contributed by atoms with Crippen LogP contribution in [-0.4, -0.2) is 101 Å². The molecule has 0 aliphatic carbocycles. The van der Waals surface area contributed by atoms with E-state index in [0.29, 0.717) is 44.8 Å². The first kappa shape index (κ1) is 27.7. The van der Waals surface area contributed by atoms with Gasteiger partial charge in [-0.2, -0.15) is 9.97 Å². The smallest absolute Gasteiger partial charge is 0.320 e. The highest BCUT2D eigenvalue weighted by molar-refractivity contribution is 5.98. The quantitative estimate of drug-likeness (QED) is 0.412. The molecule has 3 aliphatic rings. The van der Waals surface area contributed by atoms with Gasteiger partial charge in [0, 0.05) is 57.9 Å². The number of hydrogen-bond acceptors (Lipinski definition) is 7. The van der Waals surface area contributed by atoms with Crippen molar-refractivity contribution < 1.29 is 9.53 Å². The summed E-state index contributed by atoms with van der Waals surface area (Å²) in [6.45, 7) is 12.3. The lowest BCUT2D eigenvalue weighted by Crippen LogP contribution is -2.48. The highest BCUT2D eigenvalue weighted by atomic mass is 16.5. The number of aryl methyl sites for hydroxylation is 2. The zero-order chi connectivity index (χ0) is 28.7. The van der Waals surface area contributed by atoms with Crippen LogP contribution >= 0.6 is 0 Å². The molecular weight excluding hydrogens is 514 g/mol. The van der Waals surface area contributed by atoms with Crippen molar-refractivity contribution in [3.05, 3.63) is 47.5 Å². The second-order valence-electron chi connectivity index (χ2n) is 11.8. The average molecular weight is 558 g/mol. The van der Waals surface area contributed by atoms with E-state index >= 15 is 0 Å². The average Bonchev–Trinajstić information content (AvgIpc) is 3.54. The van der Waals surface area contributed by atoms with E-state index in [2.05, 4.69) is 72.1 Å². The normalized spacial score (nSPS) is 20.0. The van der Waals surface area contributed by atoms with Gasteiger partial charge < -0.3 is 28.9 Å². The summed E-state index contributed by atoms with van der Waals surface area (Å²) in [5.74, 6) is 0.897. The summed E-state index contributed by atoms with van der Waals surface area (Å²) in [4.78, 5) is 31.4. The zero-order valence-electron chi connectivity index (χ0n) is 25.0. The second-order valence-corrected chi connectivity index (χ2v) is 11.8. The summed E-state index contributed by atoms with van der Waals surface area (Å²) >= 11 is 0. The Balaban J connectivity index is 1.47. The number of carbonyl (C=O) groups excluding carboxylic acids is 1. The van der Waals surface area contributed by atoms with Crippen LogP contribution in [0, 0.1) is 0 Å². The number of anilines is 1. The van der Waals surface area contributed by atoms with Crippen LogP contribution in [0.15, 0.2) is 30.9 Å². The molecule has 1 amide bonds. The van der Waals surface area contributed by atoms with Crippen molar-refractivity contribution in [1.82, 2.24) is 29.2 Å². The third kappa shape index (κ3) is 5.10. The lowest BCUT2D eigenvalue weighted by atomic mass is 9.91. The number of hydrogen-bond donors (Lipinski definition) is 0. The van der Waals surface area contributed by atoms with Crippen LogP contribution in [0.2, 0.25) is 0 Å². The molecule has 2 aromatic heterocycles. The number of piperazine rings is 1. The molecule has 9 heteroatoms. The van der Waals surface area contributed by atoms with Crippen molar-refractivity contribution in [2.75, 3.05) is 64.9 Å². The molecule has 2 fully saturated rings. The fraction of sp³-hybridized carbons (Fsp3) is 0.531. The summed E-state index contributed by atoms with van der Waals surface area (Å²) in [5.41, 5.74) is 7.53. The van der Waals surface area contributed by atoms with Crippen LogP contribution in [-0.2, 0) is 31.2 Å². The molecule has 1 aromatic carbocycles. The lowest BCUT2D eigenvalue weighted by molar-refractivity contribution is -0.126. The van der Waals surface area contributed by atoms with Crippen molar-refractivity contribution in [2.45, 2.75) is 45.2 Å². The van der Waals surface area contributed by atoms with Crippen LogP contribution < -0.4 is 9.64 Å². The van der Waals surface area contributed by atoms with E-state index in [1.54, 1.807) is 0 Å². The number of likely N-dealkylation sites (N-methyl/N-ethyl adjacent to an activating group) is 2. The topological polar surface area (TPSA) is 70.0 Å². The molecule has 0 unspecified atom stereocenters. The first-order valence-corrected chi connectivity index (χ1v) is 15.1. The summed E-state index contributed by atoms with van der Waals surface area (Å²) in [5, 5.41) is 1.10. The number of ether oxygens (including phenoxy) is 1. The highest BCUT2D eigenvalue weighted by Gasteiger charge is 2.30. The summed E-state index contributed by atoms with van der Waals surface area (Å²) in [7, 11) is 6.50. The third-order valence-corrected chi connectivity index (χ3v) is 9.31. The van der Waals surface area contributed by atoms with E-state index in [1.165, 1.54) is 40.4 Å². The van der Waals surface area contributed by atoms with Crippen LogP contribution in [0.4, 0.5) is 5.82 Å². The molecule has 0 N–H and O–H groups in total. The third-order valence-electron chi connectivity index (χ3n) is 9.31. The molecule has 0 spiro atoms. The molecule has 218 valence electrons. The van der Waals surface area contributed by atoms with Gasteiger partial charge in [0.25, 0.3) is 0 Å². The van der Waals surface area contributed by atoms with E-state index in [9.17, 15) is 4.79 Å². The Morgan fingerprint density at radius 1 is 1.10 bits per heavy atom. The minimum Gasteiger partial charge on any atom is -0.462 e. The maximum Gasteiger partial charge on any atom is 0.320 e. The van der Waals surface area contributed by atoms with Gasteiger partial charge in [-0.05, 0) is 69.1 Å². The summed E-state index contributed by atoms with van der Waals surface area (Å²) in [6, 6.07) is 7.56. The molecule has 1 atom stereocenters. The number of carbonyl (C=O) groups is 1. The minimum atomic E-state index is -0.0164. The molecule has 0 radical (unpaired) electrons. The fourth-order valence-electron chi connectivity index (χ4n) is 6.90. The van der Waals surface area contributed by atoms with Crippen molar-refractivity contribution in [3.8, 4) is 17.3 Å². The molecule has 41 heavy (non-hydrogen) atoms. The van der Waals surface area contributed by atoms with Gasteiger partial charge in [0.1, 0.15) is 18.1 Å². The standard InChI is InChI=1S/C32H43N7O2/c1-6-24-28-30(37(5)29(24)25-12-8-10-22-13-15-35(3)20-26(22)25)33-32(41-21-23-11-9-14-36(23)4)34-31(28)39-18-16-38(17-19-39)27(40)7-2/h7-8,10,12,23H,2,6,9,11,13-21H2,1,3-5H3/t23-/m0/s1. The molecule has 6 rings (SSSR count). The molecular formula is C32H43N7O2. The SMILES string of the molecule is C=CC(=O)N1CCN(c2nc(OC[C@@H]3CCCN3C)nc3c2c(CC)c(-c2cccc4c2CN(C)CC4)n3C)CC1. The van der Waals surface area contributed by atoms with E-state index in [1.807, 2.05) is 4.90 Å². The number of fused-ring (bicyclic) bond motifs is 2. The largest absolute Gasteiger partial charge is 0.462 e. The Bertz CT molecular complexity index is 1460. The predicted molar refractivity (Wildman–Crippen MR) is 163 cm³/mol. The number of nitrogens with zero attached hydrogens (tertiary/aromatic N) is 7. The Morgan fingerprint density at radius 3 is 2.61 bits per heavy atom. The fourth-order valence-corrected chi connectivity index (χ4v) is 6.90. The molecule has 0 bridgehead atoms. The van der Waals surface area contributed by atoms with Gasteiger partial charge in [-0.1, -0.05) is 31.7 Å². The van der Waals surface area contributed by atoms with Crippen LogP contribution in [0.3, 0.4) is 0 Å². The molecule has 5 heterocycles. The number of benzene rings is 1. The number of rotatable bonds is 7. The summed E-state index contributed by atoms with van der Waals surface area (Å²) in [6.07, 6.45) is 5.66. The van der Waals surface area contributed by atoms with Gasteiger partial charge in [-0.3, -0.25) is 4.79 Å². The van der Waals surface area contributed by atoms with Crippen LogP contribution in [0.5, 0.6) is 6.01 Å². The van der Waals surface area contributed by atoms with E-state index in [0.717, 1.165) is 55.7 Å². The molecule has 3 aromatic rings. The minimum absolute atomic E-state index is 0.0164. The van der Waals surface area contributed by atoms with Gasteiger partial charge in [0.2, 0.25) is 5.91 Å². The highest BCUT2D eigenvalue weighted by Crippen LogP contribution is 2.41. The van der Waals surface area contributed by atoms with Crippen molar-refractivity contribution in [2.24, 2.45) is 7.05 Å². The Kier molecular flexibility index (Phi) is 7.74. The van der Waals surface area contributed by atoms with Crippen molar-refractivity contribution in [1.29, 1.82) is 0 Å². The van der Waals surface area contributed by atoms with Gasteiger partial charge >= 0.3 is 6.01 Å². The van der Waals surface area contributed by atoms with Crippen LogP contribution in [0.25, 0.3) is 22.3 Å².